The first kappa shape index (κ1) is 16.7. The second-order valence-electron chi connectivity index (χ2n) is 5.90. The van der Waals surface area contributed by atoms with Gasteiger partial charge in [0.25, 0.3) is 5.91 Å². The lowest BCUT2D eigenvalue weighted by Crippen LogP contribution is -2.49. The molecular formula is C16H20ClN5O2. The summed E-state index contributed by atoms with van der Waals surface area (Å²) in [5.41, 5.74) is 0.829. The van der Waals surface area contributed by atoms with Crippen molar-refractivity contribution in [1.82, 2.24) is 20.0 Å². The average Bonchev–Trinajstić information content (AvgIpc) is 3.10. The largest absolute Gasteiger partial charge is 0.353 e. The van der Waals surface area contributed by atoms with Crippen molar-refractivity contribution in [3.05, 3.63) is 35.1 Å². The Morgan fingerprint density at radius 1 is 1.29 bits per heavy atom. The lowest BCUT2D eigenvalue weighted by molar-refractivity contribution is 0.0704. The molecule has 24 heavy (non-hydrogen) atoms. The van der Waals surface area contributed by atoms with Crippen molar-refractivity contribution in [3.63, 3.8) is 0 Å². The van der Waals surface area contributed by atoms with Gasteiger partial charge < -0.3 is 14.3 Å². The minimum absolute atomic E-state index is 0.113. The fourth-order valence-electron chi connectivity index (χ4n) is 2.62. The minimum Gasteiger partial charge on any atom is -0.353 e. The smallest absolute Gasteiger partial charge is 0.292 e. The highest BCUT2D eigenvalue weighted by Gasteiger charge is 2.26. The molecule has 8 heteroatoms. The SMILES string of the molecule is CC[C@@H](C)c1cc(C(=O)N2CCN(c3cc(Cl)ncn3)CC2)on1. The molecule has 2 aromatic heterocycles. The summed E-state index contributed by atoms with van der Waals surface area (Å²) in [5, 5.41) is 4.43. The third-order valence-corrected chi connectivity index (χ3v) is 4.57. The number of carbonyl (C=O) groups excluding carboxylic acids is 1. The Labute approximate surface area is 145 Å². The highest BCUT2D eigenvalue weighted by Crippen LogP contribution is 2.20. The van der Waals surface area contributed by atoms with Crippen LogP contribution in [0.15, 0.2) is 23.0 Å². The number of nitrogens with zero attached hydrogens (tertiary/aromatic N) is 5. The van der Waals surface area contributed by atoms with E-state index in [4.69, 9.17) is 16.1 Å². The molecule has 1 atom stereocenters. The van der Waals surface area contributed by atoms with E-state index in [1.807, 2.05) is 0 Å². The lowest BCUT2D eigenvalue weighted by Gasteiger charge is -2.34. The molecule has 3 heterocycles. The molecule has 1 aliphatic heterocycles. The zero-order valence-corrected chi connectivity index (χ0v) is 14.5. The summed E-state index contributed by atoms with van der Waals surface area (Å²) in [6.45, 7) is 6.72. The van der Waals surface area contributed by atoms with Gasteiger partial charge >= 0.3 is 0 Å². The van der Waals surface area contributed by atoms with E-state index in [0.29, 0.717) is 37.1 Å². The molecule has 1 saturated heterocycles. The van der Waals surface area contributed by atoms with Crippen LogP contribution in [0.2, 0.25) is 5.15 Å². The average molecular weight is 350 g/mol. The van der Waals surface area contributed by atoms with Crippen LogP contribution in [0.1, 0.15) is 42.4 Å². The summed E-state index contributed by atoms with van der Waals surface area (Å²) < 4.78 is 5.24. The number of rotatable bonds is 4. The predicted octanol–water partition coefficient (Wildman–Crippen LogP) is 2.59. The van der Waals surface area contributed by atoms with Gasteiger partial charge in [-0.3, -0.25) is 4.79 Å². The molecular weight excluding hydrogens is 330 g/mol. The molecule has 0 aliphatic carbocycles. The van der Waals surface area contributed by atoms with E-state index >= 15 is 0 Å². The fourth-order valence-corrected chi connectivity index (χ4v) is 2.76. The zero-order chi connectivity index (χ0) is 17.1. The van der Waals surface area contributed by atoms with Crippen LogP contribution in [0.4, 0.5) is 5.82 Å². The molecule has 2 aromatic rings. The lowest BCUT2D eigenvalue weighted by atomic mass is 10.1. The number of hydrogen-bond acceptors (Lipinski definition) is 6. The van der Waals surface area contributed by atoms with E-state index in [1.54, 1.807) is 17.0 Å². The monoisotopic (exact) mass is 349 g/mol. The van der Waals surface area contributed by atoms with Crippen LogP contribution >= 0.6 is 11.6 Å². The summed E-state index contributed by atoms with van der Waals surface area (Å²) in [7, 11) is 0. The van der Waals surface area contributed by atoms with Crippen LogP contribution in [0.5, 0.6) is 0 Å². The maximum atomic E-state index is 12.5. The van der Waals surface area contributed by atoms with Crippen LogP contribution in [0.25, 0.3) is 0 Å². The minimum atomic E-state index is -0.113. The van der Waals surface area contributed by atoms with Gasteiger partial charge in [0.05, 0.1) is 5.69 Å². The summed E-state index contributed by atoms with van der Waals surface area (Å²) in [5.74, 6) is 1.26. The molecule has 0 saturated carbocycles. The van der Waals surface area contributed by atoms with Crippen molar-refractivity contribution in [2.75, 3.05) is 31.1 Å². The Morgan fingerprint density at radius 2 is 2.04 bits per heavy atom. The Balaban J connectivity index is 1.62. The summed E-state index contributed by atoms with van der Waals surface area (Å²) in [4.78, 5) is 24.5. The number of aromatic nitrogens is 3. The van der Waals surface area contributed by atoms with Crippen molar-refractivity contribution >= 4 is 23.3 Å². The molecule has 3 rings (SSSR count). The molecule has 0 radical (unpaired) electrons. The number of piperazine rings is 1. The van der Waals surface area contributed by atoms with Gasteiger partial charge in [-0.15, -0.1) is 0 Å². The molecule has 0 bridgehead atoms. The van der Waals surface area contributed by atoms with E-state index in [9.17, 15) is 4.79 Å². The van der Waals surface area contributed by atoms with Crippen LogP contribution in [-0.2, 0) is 0 Å². The highest BCUT2D eigenvalue weighted by molar-refractivity contribution is 6.29. The van der Waals surface area contributed by atoms with E-state index in [0.717, 1.165) is 17.9 Å². The third-order valence-electron chi connectivity index (χ3n) is 4.37. The van der Waals surface area contributed by atoms with E-state index in [-0.39, 0.29) is 11.8 Å². The van der Waals surface area contributed by atoms with Crippen molar-refractivity contribution < 1.29 is 9.32 Å². The summed E-state index contributed by atoms with van der Waals surface area (Å²) in [6, 6.07) is 3.49. The standard InChI is InChI=1S/C16H20ClN5O2/c1-3-11(2)12-8-13(24-20-12)16(23)22-6-4-21(5-7-22)15-9-14(17)18-10-19-15/h8-11H,3-7H2,1-2H3/t11-/m1/s1. The Kier molecular flexibility index (Phi) is 4.99. The first-order valence-electron chi connectivity index (χ1n) is 8.07. The quantitative estimate of drug-likeness (QED) is 0.790. The highest BCUT2D eigenvalue weighted by atomic mass is 35.5. The van der Waals surface area contributed by atoms with Crippen molar-refractivity contribution in [1.29, 1.82) is 0 Å². The van der Waals surface area contributed by atoms with Gasteiger partial charge in [0.2, 0.25) is 5.76 Å². The third kappa shape index (κ3) is 3.51. The molecule has 0 spiro atoms. The zero-order valence-electron chi connectivity index (χ0n) is 13.8. The van der Waals surface area contributed by atoms with Gasteiger partial charge in [0.1, 0.15) is 17.3 Å². The van der Waals surface area contributed by atoms with Gasteiger partial charge in [0, 0.05) is 44.2 Å². The first-order chi connectivity index (χ1) is 11.6. The van der Waals surface area contributed by atoms with Crippen LogP contribution in [-0.4, -0.2) is 52.1 Å². The molecule has 128 valence electrons. The molecule has 0 aromatic carbocycles. The summed E-state index contributed by atoms with van der Waals surface area (Å²) >= 11 is 5.90. The summed E-state index contributed by atoms with van der Waals surface area (Å²) in [6.07, 6.45) is 2.40. The van der Waals surface area contributed by atoms with Crippen LogP contribution in [0.3, 0.4) is 0 Å². The molecule has 1 aliphatic rings. The van der Waals surface area contributed by atoms with E-state index in [1.165, 1.54) is 6.33 Å². The first-order valence-corrected chi connectivity index (χ1v) is 8.44. The maximum absolute atomic E-state index is 12.5. The molecule has 1 amide bonds. The van der Waals surface area contributed by atoms with Gasteiger partial charge in [-0.05, 0) is 6.42 Å². The molecule has 1 fully saturated rings. The Morgan fingerprint density at radius 3 is 2.71 bits per heavy atom. The second kappa shape index (κ2) is 7.17. The topological polar surface area (TPSA) is 75.4 Å². The van der Waals surface area contributed by atoms with Gasteiger partial charge in [-0.25, -0.2) is 9.97 Å². The van der Waals surface area contributed by atoms with Gasteiger partial charge in [-0.1, -0.05) is 30.6 Å². The van der Waals surface area contributed by atoms with Gasteiger partial charge in [-0.2, -0.15) is 0 Å². The molecule has 7 nitrogen and oxygen atoms in total. The van der Waals surface area contributed by atoms with Crippen molar-refractivity contribution in [2.45, 2.75) is 26.2 Å². The second-order valence-corrected chi connectivity index (χ2v) is 6.29. The van der Waals surface area contributed by atoms with Crippen molar-refractivity contribution in [2.24, 2.45) is 0 Å². The normalized spacial score (nSPS) is 16.3. The number of hydrogen-bond donors (Lipinski definition) is 0. The predicted molar refractivity (Wildman–Crippen MR) is 90.4 cm³/mol. The van der Waals surface area contributed by atoms with Crippen molar-refractivity contribution in [3.8, 4) is 0 Å². The van der Waals surface area contributed by atoms with Crippen LogP contribution in [0, 0.1) is 0 Å². The van der Waals surface area contributed by atoms with Gasteiger partial charge in [0.15, 0.2) is 0 Å². The Bertz CT molecular complexity index is 712. The number of carbonyl (C=O) groups is 1. The maximum Gasteiger partial charge on any atom is 0.292 e. The molecule has 0 N–H and O–H groups in total. The Hall–Kier alpha value is -2.15. The number of amides is 1. The van der Waals surface area contributed by atoms with Crippen LogP contribution < -0.4 is 4.90 Å². The van der Waals surface area contributed by atoms with E-state index in [2.05, 4.69) is 33.9 Å². The van der Waals surface area contributed by atoms with E-state index < -0.39 is 0 Å². The fraction of sp³-hybridized carbons (Fsp3) is 0.500. The number of halogens is 1. The molecule has 0 unspecified atom stereocenters. The number of anilines is 1.